The molecule has 0 aromatic rings. The van der Waals surface area contributed by atoms with Crippen LogP contribution in [0.5, 0.6) is 0 Å². The molecule has 8 N–H and O–H groups in total. The molecule has 0 radical (unpaired) electrons. The van der Waals surface area contributed by atoms with E-state index in [2.05, 4.69) is 26.2 Å². The first-order valence-electron chi connectivity index (χ1n) is 16.7. The van der Waals surface area contributed by atoms with Crippen LogP contribution >= 0.6 is 11.8 Å². The average molecular weight is 705 g/mol. The predicted octanol–water partition coefficient (Wildman–Crippen LogP) is -5.17. The first-order chi connectivity index (χ1) is 23.0. The minimum Gasteiger partial charge on any atom is -0.389 e. The van der Waals surface area contributed by atoms with E-state index in [0.717, 1.165) is 37.9 Å². The number of nitrogens with zero attached hydrogens (tertiary/aromatic N) is 2. The van der Waals surface area contributed by atoms with Gasteiger partial charge in [-0.15, -0.1) is 11.8 Å². The number of carbonyl (C=O) groups is 3. The first kappa shape index (κ1) is 37.7. The number of hydrogen-bond acceptors (Lipinski definition) is 16. The topological polar surface area (TPSA) is 224 Å². The Kier molecular flexibility index (Phi) is 13.1. The number of ketones is 1. The van der Waals surface area contributed by atoms with Gasteiger partial charge >= 0.3 is 0 Å². The summed E-state index contributed by atoms with van der Waals surface area (Å²) in [5.74, 6) is -1.29. The summed E-state index contributed by atoms with van der Waals surface area (Å²) in [6, 6.07) is -0.974. The van der Waals surface area contributed by atoms with E-state index < -0.39 is 71.1 Å². The number of piperazine rings is 2. The lowest BCUT2D eigenvalue weighted by molar-refractivity contribution is -0.243. The summed E-state index contributed by atoms with van der Waals surface area (Å²) in [7, 11) is 1.43. The Bertz CT molecular complexity index is 1120. The van der Waals surface area contributed by atoms with Crippen LogP contribution in [-0.2, 0) is 33.3 Å². The van der Waals surface area contributed by atoms with E-state index in [1.54, 1.807) is 0 Å². The molecule has 5 heterocycles. The molecule has 5 fully saturated rings. The highest BCUT2D eigenvalue weighted by Crippen LogP contribution is 2.39. The van der Waals surface area contributed by atoms with Gasteiger partial charge in [-0.2, -0.15) is 0 Å². The van der Waals surface area contributed by atoms with Gasteiger partial charge in [-0.05, 0) is 6.92 Å². The van der Waals surface area contributed by atoms with Crippen LogP contribution in [0, 0.1) is 0 Å². The van der Waals surface area contributed by atoms with Gasteiger partial charge in [0.15, 0.2) is 6.29 Å². The third-order valence-electron chi connectivity index (χ3n) is 10.0. The summed E-state index contributed by atoms with van der Waals surface area (Å²) < 4.78 is 23.4. The number of fused-ring (bicyclic) bond motifs is 2. The SMILES string of the molecule is COC[C@]1(CNC(=O)C(CC(=O)NC[C@@]23CO[C@@H](O2)[C@@H](N2CCNCC2)[C@@H](O)[C@H]3O)SCC(C)=O)OC[C@@H](N2CCNCC2)[C@@H](O)[C@H]1O. The second-order valence-corrected chi connectivity index (χ2v) is 14.6. The maximum Gasteiger partial charge on any atom is 0.233 e. The van der Waals surface area contributed by atoms with Gasteiger partial charge in [-0.1, -0.05) is 0 Å². The number of amides is 2. The molecule has 0 spiro atoms. The third-order valence-corrected chi connectivity index (χ3v) is 11.4. The number of carbonyl (C=O) groups excluding carboxylic acids is 3. The smallest absolute Gasteiger partial charge is 0.233 e. The summed E-state index contributed by atoms with van der Waals surface area (Å²) in [6.45, 7) is 6.70. The molecular weight excluding hydrogens is 652 g/mol. The van der Waals surface area contributed by atoms with Gasteiger partial charge in [0.2, 0.25) is 11.8 Å². The van der Waals surface area contributed by atoms with Crippen molar-refractivity contribution in [3.8, 4) is 0 Å². The summed E-state index contributed by atoms with van der Waals surface area (Å²) in [5, 5.41) is 55.5. The molecule has 5 rings (SSSR count). The van der Waals surface area contributed by atoms with Crippen molar-refractivity contribution in [1.82, 2.24) is 31.1 Å². The number of rotatable bonds is 14. The van der Waals surface area contributed by atoms with Crippen molar-refractivity contribution in [2.75, 3.05) is 98.1 Å². The van der Waals surface area contributed by atoms with Crippen LogP contribution in [0.25, 0.3) is 0 Å². The fourth-order valence-corrected chi connectivity index (χ4v) is 8.17. The van der Waals surface area contributed by atoms with Crippen molar-refractivity contribution in [1.29, 1.82) is 0 Å². The van der Waals surface area contributed by atoms with Crippen molar-refractivity contribution in [3.63, 3.8) is 0 Å². The third kappa shape index (κ3) is 8.33. The van der Waals surface area contributed by atoms with Crippen LogP contribution in [0.2, 0.25) is 0 Å². The molecule has 0 aromatic carbocycles. The maximum atomic E-state index is 13.5. The Morgan fingerprint density at radius 2 is 1.62 bits per heavy atom. The second-order valence-electron chi connectivity index (χ2n) is 13.4. The van der Waals surface area contributed by atoms with Gasteiger partial charge in [-0.25, -0.2) is 0 Å². The number of ether oxygens (including phenoxy) is 4. The molecule has 10 atom stereocenters. The molecule has 2 bridgehead atoms. The molecule has 5 aliphatic heterocycles. The Hall–Kier alpha value is -1.52. The predicted molar refractivity (Wildman–Crippen MR) is 172 cm³/mol. The lowest BCUT2D eigenvalue weighted by Gasteiger charge is -2.49. The second kappa shape index (κ2) is 16.7. The van der Waals surface area contributed by atoms with Crippen LogP contribution in [0.15, 0.2) is 0 Å². The van der Waals surface area contributed by atoms with E-state index in [1.165, 1.54) is 14.0 Å². The van der Waals surface area contributed by atoms with Crippen LogP contribution in [0.3, 0.4) is 0 Å². The Morgan fingerprint density at radius 1 is 0.958 bits per heavy atom. The van der Waals surface area contributed by atoms with Gasteiger partial charge in [0.05, 0.1) is 56.0 Å². The van der Waals surface area contributed by atoms with Crippen LogP contribution in [0.1, 0.15) is 13.3 Å². The van der Waals surface area contributed by atoms with Crippen LogP contribution < -0.4 is 21.3 Å². The molecular formula is C30H52N6O11S. The fraction of sp³-hybridized carbons (Fsp3) is 0.900. The van der Waals surface area contributed by atoms with E-state index in [1.807, 2.05) is 4.90 Å². The summed E-state index contributed by atoms with van der Waals surface area (Å²) in [4.78, 5) is 42.6. The van der Waals surface area contributed by atoms with Crippen molar-refractivity contribution in [3.05, 3.63) is 0 Å². The molecule has 1 unspecified atom stereocenters. The number of methoxy groups -OCH3 is 1. The largest absolute Gasteiger partial charge is 0.389 e. The highest BCUT2D eigenvalue weighted by Gasteiger charge is 2.60. The number of Topliss-reactive ketones (excluding diaryl/α,β-unsaturated/α-hetero) is 1. The number of aliphatic hydroxyl groups is 4. The number of nitrogens with one attached hydrogen (secondary N) is 4. The van der Waals surface area contributed by atoms with E-state index in [9.17, 15) is 34.8 Å². The van der Waals surface area contributed by atoms with Gasteiger partial charge in [-0.3, -0.25) is 24.2 Å². The minimum atomic E-state index is -1.44. The highest BCUT2D eigenvalue weighted by molar-refractivity contribution is 8.01. The average Bonchev–Trinajstić information content (AvgIpc) is 3.48. The molecule has 2 amide bonds. The lowest BCUT2D eigenvalue weighted by atomic mass is 9.85. The fourth-order valence-electron chi connectivity index (χ4n) is 7.23. The zero-order valence-corrected chi connectivity index (χ0v) is 28.5. The Labute approximate surface area is 284 Å². The van der Waals surface area contributed by atoms with Gasteiger partial charge in [0.25, 0.3) is 0 Å². The maximum absolute atomic E-state index is 13.5. The number of thioether (sulfide) groups is 1. The molecule has 18 heteroatoms. The van der Waals surface area contributed by atoms with Crippen LogP contribution in [-0.4, -0.2) is 205 Å². The number of aliphatic hydroxyl groups excluding tert-OH is 4. The molecule has 274 valence electrons. The Balaban J connectivity index is 1.18. The van der Waals surface area contributed by atoms with Crippen molar-refractivity contribution in [2.24, 2.45) is 0 Å². The van der Waals surface area contributed by atoms with E-state index in [4.69, 9.17) is 18.9 Å². The minimum absolute atomic E-state index is 0.0142. The highest BCUT2D eigenvalue weighted by atomic mass is 32.2. The summed E-state index contributed by atoms with van der Waals surface area (Å²) in [6.07, 6.45) is -6.10. The standard InChI is InChI=1S/C30H52N6O11S/c1-18(37)13-48-20(27(43)34-14-29(16-44-2)25(41)23(39)19(12-46-29)35-7-3-31-4-8-35)11-21(38)33-15-30-17-45-28(47-30)22(24(40)26(30)42)36-9-5-32-6-10-36/h19-20,22-26,28,31-32,39-42H,3-17H2,1-2H3,(H,33,38)(H,34,43)/t19-,20?,22+,23-,24-,25-,26-,28+,29+,30+/m1/s1. The molecule has 0 aliphatic carbocycles. The summed E-state index contributed by atoms with van der Waals surface area (Å²) >= 11 is 1.00. The van der Waals surface area contributed by atoms with Gasteiger partial charge < -0.3 is 60.6 Å². The monoisotopic (exact) mass is 704 g/mol. The Morgan fingerprint density at radius 3 is 2.27 bits per heavy atom. The van der Waals surface area contributed by atoms with E-state index in [0.29, 0.717) is 26.2 Å². The van der Waals surface area contributed by atoms with E-state index >= 15 is 0 Å². The number of hydrogen-bond donors (Lipinski definition) is 8. The molecule has 5 aliphatic rings. The van der Waals surface area contributed by atoms with Crippen molar-refractivity contribution < 1.29 is 53.8 Å². The van der Waals surface area contributed by atoms with Crippen LogP contribution in [0.4, 0.5) is 0 Å². The molecule has 0 saturated carbocycles. The molecule has 5 saturated heterocycles. The normalized spacial score (nSPS) is 38.3. The van der Waals surface area contributed by atoms with Crippen molar-refractivity contribution >= 4 is 29.4 Å². The quantitative estimate of drug-likeness (QED) is 0.0847. The lowest BCUT2D eigenvalue weighted by Crippen LogP contribution is -2.70. The summed E-state index contributed by atoms with van der Waals surface area (Å²) in [5.41, 5.74) is -2.80. The zero-order chi connectivity index (χ0) is 34.5. The first-order valence-corrected chi connectivity index (χ1v) is 17.7. The molecule has 48 heavy (non-hydrogen) atoms. The zero-order valence-electron chi connectivity index (χ0n) is 27.7. The van der Waals surface area contributed by atoms with E-state index in [-0.39, 0.29) is 50.9 Å². The van der Waals surface area contributed by atoms with Crippen molar-refractivity contribution in [2.45, 2.75) is 72.6 Å². The molecule has 17 nitrogen and oxygen atoms in total. The van der Waals surface area contributed by atoms with Gasteiger partial charge in [0.1, 0.15) is 41.4 Å². The molecule has 0 aromatic heterocycles. The van der Waals surface area contributed by atoms with Gasteiger partial charge in [0, 0.05) is 65.9 Å².